The van der Waals surface area contributed by atoms with Crippen LogP contribution < -0.4 is 10.1 Å². The highest BCUT2D eigenvalue weighted by molar-refractivity contribution is 6.04. The van der Waals surface area contributed by atoms with E-state index in [4.69, 9.17) is 9.84 Å². The van der Waals surface area contributed by atoms with Crippen LogP contribution in [0.25, 0.3) is 28.2 Å². The van der Waals surface area contributed by atoms with Crippen LogP contribution >= 0.6 is 0 Å². The topological polar surface area (TPSA) is 97.6 Å². The third-order valence-electron chi connectivity index (χ3n) is 10.5. The molecule has 0 unspecified atom stereocenters. The number of nitrogens with one attached hydrogen (secondary N) is 1. The number of fused-ring (bicyclic) bond motifs is 5. The fraction of sp³-hybridized carbons (Fsp3) is 0.375. The van der Waals surface area contributed by atoms with E-state index in [1.165, 1.54) is 54.8 Å². The minimum absolute atomic E-state index is 0.0188. The van der Waals surface area contributed by atoms with E-state index in [1.807, 2.05) is 42.5 Å². The Hall–Kier alpha value is -4.65. The Bertz CT molecular complexity index is 1840. The normalized spacial score (nSPS) is 17.8. The summed E-state index contributed by atoms with van der Waals surface area (Å²) in [6, 6.07) is 21.8. The number of carboxylic acid groups (broad SMARTS) is 1. The minimum atomic E-state index is -1.00. The van der Waals surface area contributed by atoms with Crippen LogP contribution in [0, 0.1) is 0 Å². The number of ether oxygens (including phenoxy) is 1. The van der Waals surface area contributed by atoms with Gasteiger partial charge in [-0.05, 0) is 78.6 Å². The zero-order chi connectivity index (χ0) is 32.4. The number of hydrogen-bond acceptors (Lipinski definition) is 4. The first-order valence-electron chi connectivity index (χ1n) is 17.2. The Balaban J connectivity index is 1.20. The SMILES string of the molecule is O=C(O)/C=C/c1ccc(CC(=O)C2(NC(=O)c3ccc4c(C5CCCCC5)c5n(c4c3)CCOc3ccccc3-5)CCCCC2)cc1. The van der Waals surface area contributed by atoms with Crippen molar-refractivity contribution in [2.75, 3.05) is 6.61 Å². The van der Waals surface area contributed by atoms with Crippen LogP contribution in [-0.4, -0.2) is 39.5 Å². The molecule has 7 nitrogen and oxygen atoms in total. The molecule has 3 aliphatic rings. The lowest BCUT2D eigenvalue weighted by atomic mass is 9.76. The zero-order valence-corrected chi connectivity index (χ0v) is 26.8. The molecule has 0 saturated heterocycles. The van der Waals surface area contributed by atoms with Crippen LogP contribution in [0.2, 0.25) is 0 Å². The number of carboxylic acids is 1. The first kappa shape index (κ1) is 31.0. The molecule has 47 heavy (non-hydrogen) atoms. The molecule has 2 heterocycles. The second kappa shape index (κ2) is 13.2. The average Bonchev–Trinajstić information content (AvgIpc) is 3.29. The van der Waals surface area contributed by atoms with Crippen molar-refractivity contribution in [2.24, 2.45) is 0 Å². The van der Waals surface area contributed by atoms with E-state index < -0.39 is 11.5 Å². The molecular weight excluding hydrogens is 588 g/mol. The lowest BCUT2D eigenvalue weighted by molar-refractivity contribution is -0.131. The second-order valence-electron chi connectivity index (χ2n) is 13.4. The monoisotopic (exact) mass is 630 g/mol. The van der Waals surface area contributed by atoms with Gasteiger partial charge in [0.15, 0.2) is 5.78 Å². The van der Waals surface area contributed by atoms with Gasteiger partial charge in [-0.1, -0.05) is 81.0 Å². The first-order chi connectivity index (χ1) is 22.9. The van der Waals surface area contributed by atoms with Gasteiger partial charge in [-0.3, -0.25) is 9.59 Å². The molecule has 2 aliphatic carbocycles. The highest BCUT2D eigenvalue weighted by atomic mass is 16.5. The molecule has 1 amide bonds. The highest BCUT2D eigenvalue weighted by Crippen LogP contribution is 2.47. The predicted octanol–water partition coefficient (Wildman–Crippen LogP) is 8.09. The molecule has 2 N–H and O–H groups in total. The average molecular weight is 631 g/mol. The van der Waals surface area contributed by atoms with Gasteiger partial charge in [0, 0.05) is 34.5 Å². The number of aliphatic carboxylic acids is 1. The van der Waals surface area contributed by atoms with E-state index >= 15 is 0 Å². The van der Waals surface area contributed by atoms with E-state index in [-0.39, 0.29) is 18.1 Å². The van der Waals surface area contributed by atoms with Gasteiger partial charge >= 0.3 is 5.97 Å². The summed E-state index contributed by atoms with van der Waals surface area (Å²) in [5.74, 6) is 0.184. The molecule has 2 fully saturated rings. The van der Waals surface area contributed by atoms with Crippen LogP contribution in [-0.2, 0) is 22.6 Å². The van der Waals surface area contributed by atoms with E-state index in [9.17, 15) is 14.4 Å². The maximum atomic E-state index is 14.1. The maximum Gasteiger partial charge on any atom is 0.328 e. The molecule has 4 aromatic rings. The van der Waals surface area contributed by atoms with Gasteiger partial charge in [0.2, 0.25) is 0 Å². The van der Waals surface area contributed by atoms with Gasteiger partial charge in [0.05, 0.1) is 17.8 Å². The standard InChI is InChI=1S/C40H42N2O5/c43-35(25-28-15-13-27(14-16-28)17-20-36(44)45)40(21-7-2-8-22-40)41-39(46)30-18-19-31-33(26-30)42-23-24-47-34-12-6-5-11-32(34)38(42)37(31)29-9-3-1-4-10-29/h5-6,11-20,26,29H,1-4,7-10,21-25H2,(H,41,46)(H,44,45)/b20-17+. The third kappa shape index (κ3) is 6.23. The van der Waals surface area contributed by atoms with Crippen molar-refractivity contribution < 1.29 is 24.2 Å². The van der Waals surface area contributed by atoms with Crippen LogP contribution in [0.3, 0.4) is 0 Å². The Morgan fingerprint density at radius 1 is 0.915 bits per heavy atom. The number of Topliss-reactive ketones (excluding diaryl/α,β-unsaturated/α-hetero) is 1. The van der Waals surface area contributed by atoms with E-state index in [1.54, 1.807) is 0 Å². The number of benzene rings is 3. The number of nitrogens with zero attached hydrogens (tertiary/aromatic N) is 1. The largest absolute Gasteiger partial charge is 0.491 e. The van der Waals surface area contributed by atoms with Crippen molar-refractivity contribution in [1.29, 1.82) is 0 Å². The molecule has 7 heteroatoms. The summed E-state index contributed by atoms with van der Waals surface area (Å²) >= 11 is 0. The summed E-state index contributed by atoms with van der Waals surface area (Å²) in [6.45, 7) is 1.26. The second-order valence-corrected chi connectivity index (χ2v) is 13.4. The molecule has 1 aromatic heterocycles. The number of aromatic nitrogens is 1. The lowest BCUT2D eigenvalue weighted by Crippen LogP contribution is -2.56. The smallest absolute Gasteiger partial charge is 0.328 e. The number of rotatable bonds is 8. The van der Waals surface area contributed by atoms with E-state index in [2.05, 4.69) is 34.1 Å². The number of para-hydroxylation sites is 1. The molecule has 0 radical (unpaired) electrons. The number of carbonyl (C=O) groups is 3. The van der Waals surface area contributed by atoms with E-state index in [0.717, 1.165) is 53.3 Å². The summed E-state index contributed by atoms with van der Waals surface area (Å²) in [6.07, 6.45) is 13.0. The maximum absolute atomic E-state index is 14.1. The number of carbonyl (C=O) groups excluding carboxylic acids is 2. The van der Waals surface area contributed by atoms with Crippen molar-refractivity contribution in [3.05, 3.63) is 95.1 Å². The van der Waals surface area contributed by atoms with Crippen LogP contribution in [0.1, 0.15) is 97.2 Å². The molecule has 242 valence electrons. The molecule has 3 aromatic carbocycles. The number of ketones is 1. The quantitative estimate of drug-likeness (QED) is 0.192. The van der Waals surface area contributed by atoms with Crippen LogP contribution in [0.5, 0.6) is 5.75 Å². The molecule has 1 aliphatic heterocycles. The van der Waals surface area contributed by atoms with Gasteiger partial charge in [0.1, 0.15) is 12.4 Å². The Kier molecular flexibility index (Phi) is 8.72. The lowest BCUT2D eigenvalue weighted by Gasteiger charge is -2.37. The predicted molar refractivity (Wildman–Crippen MR) is 184 cm³/mol. The molecule has 0 atom stereocenters. The van der Waals surface area contributed by atoms with Crippen molar-refractivity contribution in [3.8, 4) is 17.0 Å². The van der Waals surface area contributed by atoms with Gasteiger partial charge in [-0.15, -0.1) is 0 Å². The van der Waals surface area contributed by atoms with E-state index in [0.29, 0.717) is 37.5 Å². The van der Waals surface area contributed by atoms with Crippen molar-refractivity contribution in [1.82, 2.24) is 9.88 Å². The van der Waals surface area contributed by atoms with Crippen molar-refractivity contribution in [3.63, 3.8) is 0 Å². The Morgan fingerprint density at radius 2 is 1.66 bits per heavy atom. The fourth-order valence-corrected chi connectivity index (χ4v) is 8.07. The summed E-state index contributed by atoms with van der Waals surface area (Å²) in [4.78, 5) is 38.9. The number of hydrogen-bond donors (Lipinski definition) is 2. The summed E-state index contributed by atoms with van der Waals surface area (Å²) in [5, 5.41) is 13.4. The Morgan fingerprint density at radius 3 is 2.43 bits per heavy atom. The summed E-state index contributed by atoms with van der Waals surface area (Å²) in [7, 11) is 0. The van der Waals surface area contributed by atoms with Gasteiger partial charge in [0.25, 0.3) is 5.91 Å². The Labute approximate surface area is 275 Å². The van der Waals surface area contributed by atoms with Gasteiger partial charge in [-0.25, -0.2) is 4.79 Å². The molecule has 7 rings (SSSR count). The minimum Gasteiger partial charge on any atom is -0.491 e. The van der Waals surface area contributed by atoms with Crippen LogP contribution in [0.15, 0.2) is 72.8 Å². The summed E-state index contributed by atoms with van der Waals surface area (Å²) < 4.78 is 8.57. The summed E-state index contributed by atoms with van der Waals surface area (Å²) in [5.41, 5.74) is 6.02. The molecule has 0 bridgehead atoms. The highest BCUT2D eigenvalue weighted by Gasteiger charge is 2.40. The molecule has 2 saturated carbocycles. The van der Waals surface area contributed by atoms with Crippen LogP contribution in [0.4, 0.5) is 0 Å². The molecule has 0 spiro atoms. The third-order valence-corrected chi connectivity index (χ3v) is 10.5. The van der Waals surface area contributed by atoms with Crippen molar-refractivity contribution in [2.45, 2.75) is 88.6 Å². The first-order valence-corrected chi connectivity index (χ1v) is 17.2. The van der Waals surface area contributed by atoms with Gasteiger partial charge < -0.3 is 19.7 Å². The van der Waals surface area contributed by atoms with Crippen molar-refractivity contribution >= 4 is 34.6 Å². The zero-order valence-electron chi connectivity index (χ0n) is 26.8. The van der Waals surface area contributed by atoms with Gasteiger partial charge in [-0.2, -0.15) is 0 Å². The molecular formula is C40H42N2O5. The number of amides is 1. The fourth-order valence-electron chi connectivity index (χ4n) is 8.07.